The number of hydrogen-bond acceptors (Lipinski definition) is 2. The van der Waals surface area contributed by atoms with Gasteiger partial charge in [0.1, 0.15) is 5.82 Å². The van der Waals surface area contributed by atoms with E-state index in [1.807, 2.05) is 32.8 Å². The highest BCUT2D eigenvalue weighted by atomic mass is 19.1. The number of aryl methyl sites for hydroxylation is 1. The van der Waals surface area contributed by atoms with Crippen LogP contribution in [0.1, 0.15) is 36.2 Å². The second kappa shape index (κ2) is 4.96. The average Bonchev–Trinajstić information content (AvgIpc) is 2.30. The summed E-state index contributed by atoms with van der Waals surface area (Å²) in [6.45, 7) is 5.53. The van der Waals surface area contributed by atoms with Gasteiger partial charge < -0.3 is 0 Å². The Morgan fingerprint density at radius 2 is 2.00 bits per heavy atom. The maximum absolute atomic E-state index is 13.5. The van der Waals surface area contributed by atoms with Crippen molar-refractivity contribution < 1.29 is 9.18 Å². The molecule has 1 aromatic rings. The number of carbonyl (C=O) groups is 1. The first-order chi connectivity index (χ1) is 7.82. The van der Waals surface area contributed by atoms with Crippen LogP contribution < -0.4 is 0 Å². The number of hydrogen-bond donors (Lipinski definition) is 0. The molecular weight excluding hydrogens is 217 g/mol. The molecule has 0 aliphatic carbocycles. The van der Waals surface area contributed by atoms with Gasteiger partial charge in [-0.3, -0.25) is 9.69 Å². The third kappa shape index (κ3) is 2.55. The standard InChI is InChI=1S/C14H20FNO/c1-6-14(3,16(4)5)13(17)11-8-7-10(2)12(15)9-11/h7-9H,6H2,1-5H3. The second-order valence-corrected chi connectivity index (χ2v) is 4.81. The van der Waals surface area contributed by atoms with E-state index >= 15 is 0 Å². The molecule has 0 radical (unpaired) electrons. The van der Waals surface area contributed by atoms with Gasteiger partial charge in [0.05, 0.1) is 5.54 Å². The summed E-state index contributed by atoms with van der Waals surface area (Å²) in [4.78, 5) is 14.3. The van der Waals surface area contributed by atoms with Gasteiger partial charge in [0, 0.05) is 5.56 Å². The molecule has 0 fully saturated rings. The summed E-state index contributed by atoms with van der Waals surface area (Å²) >= 11 is 0. The predicted molar refractivity (Wildman–Crippen MR) is 67.9 cm³/mol. The summed E-state index contributed by atoms with van der Waals surface area (Å²) in [5.41, 5.74) is 0.414. The molecule has 0 aliphatic heterocycles. The molecule has 0 aliphatic rings. The minimum atomic E-state index is -0.582. The van der Waals surface area contributed by atoms with E-state index in [4.69, 9.17) is 0 Å². The van der Waals surface area contributed by atoms with Crippen molar-refractivity contribution in [3.63, 3.8) is 0 Å². The van der Waals surface area contributed by atoms with Crippen molar-refractivity contribution in [1.82, 2.24) is 4.90 Å². The third-order valence-corrected chi connectivity index (χ3v) is 3.60. The Hall–Kier alpha value is -1.22. The van der Waals surface area contributed by atoms with E-state index in [0.717, 1.165) is 0 Å². The van der Waals surface area contributed by atoms with Crippen LogP contribution in [0.4, 0.5) is 4.39 Å². The van der Waals surface area contributed by atoms with Crippen LogP contribution in [0.25, 0.3) is 0 Å². The minimum Gasteiger partial charge on any atom is -0.297 e. The summed E-state index contributed by atoms with van der Waals surface area (Å²) in [6.07, 6.45) is 0.689. The Labute approximate surface area is 102 Å². The van der Waals surface area contributed by atoms with Crippen molar-refractivity contribution in [3.8, 4) is 0 Å². The van der Waals surface area contributed by atoms with Gasteiger partial charge in [0.2, 0.25) is 0 Å². The van der Waals surface area contributed by atoms with Gasteiger partial charge >= 0.3 is 0 Å². The van der Waals surface area contributed by atoms with Crippen molar-refractivity contribution in [3.05, 3.63) is 35.1 Å². The summed E-state index contributed by atoms with van der Waals surface area (Å²) in [7, 11) is 3.73. The van der Waals surface area contributed by atoms with Crippen LogP contribution in [0.5, 0.6) is 0 Å². The number of ketones is 1. The number of rotatable bonds is 4. The van der Waals surface area contributed by atoms with Crippen LogP contribution in [-0.2, 0) is 0 Å². The van der Waals surface area contributed by atoms with E-state index < -0.39 is 5.54 Å². The number of halogens is 1. The fourth-order valence-corrected chi connectivity index (χ4v) is 1.72. The van der Waals surface area contributed by atoms with Crippen molar-refractivity contribution in [2.75, 3.05) is 14.1 Å². The second-order valence-electron chi connectivity index (χ2n) is 4.81. The van der Waals surface area contributed by atoms with E-state index in [2.05, 4.69) is 0 Å². The molecule has 0 saturated heterocycles. The zero-order valence-corrected chi connectivity index (χ0v) is 11.2. The lowest BCUT2D eigenvalue weighted by molar-refractivity contribution is 0.0710. The molecular formula is C14H20FNO. The zero-order chi connectivity index (χ0) is 13.2. The van der Waals surface area contributed by atoms with Crippen molar-refractivity contribution in [2.45, 2.75) is 32.7 Å². The first-order valence-corrected chi connectivity index (χ1v) is 5.81. The van der Waals surface area contributed by atoms with Gasteiger partial charge in [0.25, 0.3) is 0 Å². The molecule has 0 spiro atoms. The van der Waals surface area contributed by atoms with E-state index in [1.165, 1.54) is 6.07 Å². The highest BCUT2D eigenvalue weighted by Crippen LogP contribution is 2.23. The Balaban J connectivity index is 3.15. The Kier molecular flexibility index (Phi) is 4.04. The number of nitrogens with zero attached hydrogens (tertiary/aromatic N) is 1. The maximum Gasteiger partial charge on any atom is 0.182 e. The van der Waals surface area contributed by atoms with E-state index in [9.17, 15) is 9.18 Å². The topological polar surface area (TPSA) is 20.3 Å². The van der Waals surface area contributed by atoms with Gasteiger partial charge in [-0.25, -0.2) is 4.39 Å². The van der Waals surface area contributed by atoms with Gasteiger partial charge in [-0.1, -0.05) is 19.1 Å². The number of likely N-dealkylation sites (N-methyl/N-ethyl adjacent to an activating group) is 1. The molecule has 1 rings (SSSR count). The van der Waals surface area contributed by atoms with Crippen LogP contribution in [0, 0.1) is 12.7 Å². The smallest absolute Gasteiger partial charge is 0.182 e. The lowest BCUT2D eigenvalue weighted by atomic mass is 9.87. The van der Waals surface area contributed by atoms with Crippen molar-refractivity contribution >= 4 is 5.78 Å². The first-order valence-electron chi connectivity index (χ1n) is 5.81. The molecule has 0 saturated carbocycles. The van der Waals surface area contributed by atoms with Gasteiger partial charge in [-0.2, -0.15) is 0 Å². The fourth-order valence-electron chi connectivity index (χ4n) is 1.72. The molecule has 1 aromatic carbocycles. The van der Waals surface area contributed by atoms with Crippen LogP contribution in [0.3, 0.4) is 0 Å². The van der Waals surface area contributed by atoms with Crippen LogP contribution in [0.2, 0.25) is 0 Å². The fraction of sp³-hybridized carbons (Fsp3) is 0.500. The van der Waals surface area contributed by atoms with E-state index in [0.29, 0.717) is 17.5 Å². The summed E-state index contributed by atoms with van der Waals surface area (Å²) in [5, 5.41) is 0. The van der Waals surface area contributed by atoms with Gasteiger partial charge in [-0.15, -0.1) is 0 Å². The minimum absolute atomic E-state index is 0.0381. The number of carbonyl (C=O) groups excluding carboxylic acids is 1. The summed E-state index contributed by atoms with van der Waals surface area (Å²) in [5.74, 6) is -0.364. The highest BCUT2D eigenvalue weighted by Gasteiger charge is 2.34. The molecule has 0 aromatic heterocycles. The highest BCUT2D eigenvalue weighted by molar-refractivity contribution is 6.02. The Morgan fingerprint density at radius 3 is 2.41 bits per heavy atom. The van der Waals surface area contributed by atoms with Crippen molar-refractivity contribution in [2.24, 2.45) is 0 Å². The average molecular weight is 237 g/mol. The normalized spacial score (nSPS) is 14.8. The molecule has 17 heavy (non-hydrogen) atoms. The molecule has 0 amide bonds. The summed E-state index contributed by atoms with van der Waals surface area (Å²) in [6, 6.07) is 4.67. The largest absolute Gasteiger partial charge is 0.297 e. The maximum atomic E-state index is 13.5. The lowest BCUT2D eigenvalue weighted by Gasteiger charge is -2.34. The molecule has 2 nitrogen and oxygen atoms in total. The summed E-state index contributed by atoms with van der Waals surface area (Å²) < 4.78 is 13.5. The Morgan fingerprint density at radius 1 is 1.41 bits per heavy atom. The monoisotopic (exact) mass is 237 g/mol. The van der Waals surface area contributed by atoms with E-state index in [1.54, 1.807) is 19.1 Å². The van der Waals surface area contributed by atoms with E-state index in [-0.39, 0.29) is 11.6 Å². The quantitative estimate of drug-likeness (QED) is 0.750. The van der Waals surface area contributed by atoms with Crippen molar-refractivity contribution in [1.29, 1.82) is 0 Å². The third-order valence-electron chi connectivity index (χ3n) is 3.60. The molecule has 1 unspecified atom stereocenters. The zero-order valence-electron chi connectivity index (χ0n) is 11.2. The number of benzene rings is 1. The molecule has 0 N–H and O–H groups in total. The van der Waals surface area contributed by atoms with Crippen LogP contribution >= 0.6 is 0 Å². The first kappa shape index (κ1) is 13.8. The van der Waals surface area contributed by atoms with Crippen LogP contribution in [-0.4, -0.2) is 30.3 Å². The SMILES string of the molecule is CCC(C)(C(=O)c1ccc(C)c(F)c1)N(C)C. The lowest BCUT2D eigenvalue weighted by Crippen LogP contribution is -2.48. The molecule has 1 atom stereocenters. The van der Waals surface area contributed by atoms with Gasteiger partial charge in [-0.05, 0) is 46.0 Å². The molecule has 0 heterocycles. The van der Waals surface area contributed by atoms with Crippen LogP contribution in [0.15, 0.2) is 18.2 Å². The predicted octanol–water partition coefficient (Wildman–Crippen LogP) is 3.05. The van der Waals surface area contributed by atoms with Gasteiger partial charge in [0.15, 0.2) is 5.78 Å². The molecule has 0 bridgehead atoms. The Bertz CT molecular complexity index is 428. The molecule has 3 heteroatoms. The molecule has 94 valence electrons. The number of Topliss-reactive ketones (excluding diaryl/α,β-unsaturated/α-hetero) is 1.